The fourth-order valence-corrected chi connectivity index (χ4v) is 3.55. The molecule has 4 rings (SSSR count). The smallest absolute Gasteiger partial charge is 0.271 e. The molecule has 1 N–H and O–H groups in total. The maximum Gasteiger partial charge on any atom is 0.301 e. The van der Waals surface area contributed by atoms with E-state index in [-0.39, 0.29) is 11.4 Å². The summed E-state index contributed by atoms with van der Waals surface area (Å²) in [6, 6.07) is 21.2. The number of anilines is 1. The van der Waals surface area contributed by atoms with Crippen molar-refractivity contribution in [2.24, 2.45) is 5.10 Å². The molecule has 1 aliphatic carbocycles. The number of nitro groups is 2. The van der Waals surface area contributed by atoms with Crippen molar-refractivity contribution in [1.29, 1.82) is 0 Å². The van der Waals surface area contributed by atoms with E-state index in [4.69, 9.17) is 0 Å². The molecule has 31 heavy (non-hydrogen) atoms. The molecule has 3 aromatic carbocycles. The number of rotatable bonds is 5. The Morgan fingerprint density at radius 1 is 0.871 bits per heavy atom. The fourth-order valence-electron chi connectivity index (χ4n) is 3.55. The Morgan fingerprint density at radius 2 is 1.61 bits per heavy atom. The summed E-state index contributed by atoms with van der Waals surface area (Å²) >= 11 is 0. The van der Waals surface area contributed by atoms with Gasteiger partial charge in [0, 0.05) is 11.6 Å². The van der Waals surface area contributed by atoms with Crippen LogP contribution in [-0.4, -0.2) is 15.6 Å². The lowest BCUT2D eigenvalue weighted by Crippen LogP contribution is -2.17. The highest BCUT2D eigenvalue weighted by molar-refractivity contribution is 6.17. The number of fused-ring (bicyclic) bond motifs is 1. The van der Waals surface area contributed by atoms with Gasteiger partial charge in [0.25, 0.3) is 5.69 Å². The average Bonchev–Trinajstić information content (AvgIpc) is 2.78. The van der Waals surface area contributed by atoms with Crippen molar-refractivity contribution >= 4 is 28.8 Å². The normalized spacial score (nSPS) is 15.5. The van der Waals surface area contributed by atoms with Crippen LogP contribution in [0.25, 0.3) is 6.08 Å². The van der Waals surface area contributed by atoms with Crippen molar-refractivity contribution < 1.29 is 9.85 Å². The van der Waals surface area contributed by atoms with Gasteiger partial charge in [-0.05, 0) is 41.7 Å². The molecule has 0 amide bonds. The molecule has 0 saturated carbocycles. The molecule has 0 atom stereocenters. The van der Waals surface area contributed by atoms with E-state index < -0.39 is 15.5 Å². The summed E-state index contributed by atoms with van der Waals surface area (Å²) in [4.78, 5) is 21.1. The third-order valence-corrected chi connectivity index (χ3v) is 5.06. The Hall–Kier alpha value is -4.33. The number of nitrogens with zero attached hydrogens (tertiary/aromatic N) is 3. The van der Waals surface area contributed by atoms with E-state index in [9.17, 15) is 20.2 Å². The minimum atomic E-state index is -0.666. The third kappa shape index (κ3) is 4.32. The first kappa shape index (κ1) is 20.0. The topological polar surface area (TPSA) is 111 Å². The van der Waals surface area contributed by atoms with Crippen LogP contribution in [0.4, 0.5) is 17.1 Å². The van der Waals surface area contributed by atoms with Gasteiger partial charge < -0.3 is 0 Å². The molecule has 8 nitrogen and oxygen atoms in total. The summed E-state index contributed by atoms with van der Waals surface area (Å²) < 4.78 is 0. The van der Waals surface area contributed by atoms with E-state index in [1.54, 1.807) is 0 Å². The molecule has 0 aromatic heterocycles. The fraction of sp³-hybridized carbons (Fsp3) is 0.0870. The summed E-state index contributed by atoms with van der Waals surface area (Å²) in [7, 11) is 0. The number of hydrogen-bond donors (Lipinski definition) is 1. The van der Waals surface area contributed by atoms with Crippen LogP contribution in [0.3, 0.4) is 0 Å². The van der Waals surface area contributed by atoms with Crippen LogP contribution in [0.15, 0.2) is 83.5 Å². The summed E-state index contributed by atoms with van der Waals surface area (Å²) in [5.74, 6) is 0. The monoisotopic (exact) mass is 414 g/mol. The van der Waals surface area contributed by atoms with Crippen molar-refractivity contribution in [3.63, 3.8) is 0 Å². The number of nitrogens with one attached hydrogen (secondary N) is 1. The van der Waals surface area contributed by atoms with Crippen molar-refractivity contribution in [2.45, 2.75) is 12.8 Å². The molecular formula is C23H18N4O4. The zero-order valence-electron chi connectivity index (χ0n) is 16.4. The van der Waals surface area contributed by atoms with Crippen LogP contribution in [-0.2, 0) is 6.42 Å². The molecule has 154 valence electrons. The van der Waals surface area contributed by atoms with E-state index in [0.29, 0.717) is 5.71 Å². The SMILES string of the molecule is O=[N+]([O-])c1ccc(N/N=C2\C(=C\c3ccccc3)CCc3ccccc32)c([N+](=O)[O-])c1. The second-order valence-corrected chi connectivity index (χ2v) is 7.03. The van der Waals surface area contributed by atoms with Gasteiger partial charge in [0.15, 0.2) is 0 Å². The second-order valence-electron chi connectivity index (χ2n) is 7.03. The highest BCUT2D eigenvalue weighted by atomic mass is 16.6. The Morgan fingerprint density at radius 3 is 2.35 bits per heavy atom. The number of non-ortho nitro benzene ring substituents is 1. The maximum atomic E-state index is 11.4. The minimum Gasteiger partial charge on any atom is -0.271 e. The van der Waals surface area contributed by atoms with E-state index in [0.717, 1.165) is 41.2 Å². The number of hydrogen-bond acceptors (Lipinski definition) is 6. The standard InChI is InChI=1S/C23H18N4O4/c28-26(29)19-12-13-21(22(15-19)27(30)31)24-25-23-18(14-16-6-2-1-3-7-16)11-10-17-8-4-5-9-20(17)23/h1-9,12-15,24H,10-11H2/b18-14+,25-23+. The Kier molecular flexibility index (Phi) is 5.53. The van der Waals surface area contributed by atoms with Crippen LogP contribution in [0.1, 0.15) is 23.1 Å². The third-order valence-electron chi connectivity index (χ3n) is 5.06. The van der Waals surface area contributed by atoms with Gasteiger partial charge >= 0.3 is 5.69 Å². The maximum absolute atomic E-state index is 11.4. The van der Waals surface area contributed by atoms with E-state index in [1.165, 1.54) is 12.1 Å². The molecule has 1 aliphatic rings. The molecule has 0 aliphatic heterocycles. The zero-order chi connectivity index (χ0) is 21.8. The molecule has 0 unspecified atom stereocenters. The van der Waals surface area contributed by atoms with Crippen LogP contribution in [0.2, 0.25) is 0 Å². The van der Waals surface area contributed by atoms with Gasteiger partial charge in [-0.2, -0.15) is 5.10 Å². The Labute approximate surface area is 177 Å². The molecule has 3 aromatic rings. The van der Waals surface area contributed by atoms with Gasteiger partial charge in [-0.3, -0.25) is 25.7 Å². The first-order valence-electron chi connectivity index (χ1n) is 9.64. The molecule has 0 spiro atoms. The summed E-state index contributed by atoms with van der Waals surface area (Å²) in [5, 5.41) is 26.9. The Balaban J connectivity index is 1.77. The molecule has 0 radical (unpaired) electrons. The van der Waals surface area contributed by atoms with Crippen LogP contribution < -0.4 is 5.43 Å². The van der Waals surface area contributed by atoms with Crippen molar-refractivity contribution in [3.8, 4) is 0 Å². The predicted octanol–water partition coefficient (Wildman–Crippen LogP) is 5.35. The van der Waals surface area contributed by atoms with Crippen molar-refractivity contribution in [2.75, 3.05) is 5.43 Å². The van der Waals surface area contributed by atoms with Crippen LogP contribution in [0, 0.1) is 20.2 Å². The predicted molar refractivity (Wildman–Crippen MR) is 119 cm³/mol. The van der Waals surface area contributed by atoms with Crippen molar-refractivity contribution in [1.82, 2.24) is 0 Å². The van der Waals surface area contributed by atoms with Gasteiger partial charge in [0.05, 0.1) is 21.6 Å². The average molecular weight is 414 g/mol. The largest absolute Gasteiger partial charge is 0.301 e. The highest BCUT2D eigenvalue weighted by Crippen LogP contribution is 2.31. The van der Waals surface area contributed by atoms with E-state index in [1.807, 2.05) is 54.6 Å². The number of allylic oxidation sites excluding steroid dienone is 1. The van der Waals surface area contributed by atoms with Crippen molar-refractivity contribution in [3.05, 3.63) is 115 Å². The van der Waals surface area contributed by atoms with Crippen LogP contribution in [0.5, 0.6) is 0 Å². The zero-order valence-corrected chi connectivity index (χ0v) is 16.4. The van der Waals surface area contributed by atoms with Gasteiger partial charge in [-0.15, -0.1) is 0 Å². The molecule has 0 heterocycles. The minimum absolute atomic E-state index is 0.0882. The molecular weight excluding hydrogens is 396 g/mol. The number of nitro benzene ring substituents is 2. The van der Waals surface area contributed by atoms with Gasteiger partial charge in [-0.1, -0.05) is 54.6 Å². The van der Waals surface area contributed by atoms with E-state index >= 15 is 0 Å². The lowest BCUT2D eigenvalue weighted by atomic mass is 9.85. The van der Waals surface area contributed by atoms with Gasteiger partial charge in [0.2, 0.25) is 0 Å². The quantitative estimate of drug-likeness (QED) is 0.447. The summed E-state index contributed by atoms with van der Waals surface area (Å²) in [5.41, 5.74) is 6.93. The number of aryl methyl sites for hydroxylation is 1. The van der Waals surface area contributed by atoms with E-state index in [2.05, 4.69) is 16.6 Å². The number of hydrazone groups is 1. The van der Waals surface area contributed by atoms with Crippen LogP contribution >= 0.6 is 0 Å². The van der Waals surface area contributed by atoms with Gasteiger partial charge in [-0.25, -0.2) is 0 Å². The number of benzene rings is 3. The molecule has 8 heteroatoms. The first-order valence-corrected chi connectivity index (χ1v) is 9.64. The molecule has 0 bridgehead atoms. The second kappa shape index (κ2) is 8.58. The summed E-state index contributed by atoms with van der Waals surface area (Å²) in [6.07, 6.45) is 3.70. The lowest BCUT2D eigenvalue weighted by Gasteiger charge is -2.21. The first-order chi connectivity index (χ1) is 15.0. The Bertz CT molecular complexity index is 1220. The summed E-state index contributed by atoms with van der Waals surface area (Å²) in [6.45, 7) is 0. The lowest BCUT2D eigenvalue weighted by molar-refractivity contribution is -0.393. The van der Waals surface area contributed by atoms with Gasteiger partial charge in [0.1, 0.15) is 5.69 Å². The molecule has 0 saturated heterocycles. The highest BCUT2D eigenvalue weighted by Gasteiger charge is 2.22. The molecule has 0 fully saturated rings.